The third-order valence-electron chi connectivity index (χ3n) is 5.28. The fraction of sp³-hybridized carbons (Fsp3) is 0.120. The molecule has 4 aromatic rings. The molecule has 0 saturated carbocycles. The van der Waals surface area contributed by atoms with Gasteiger partial charge in [0.2, 0.25) is 0 Å². The highest BCUT2D eigenvalue weighted by Crippen LogP contribution is 2.34. The Morgan fingerprint density at radius 2 is 1.63 bits per heavy atom. The molecule has 0 spiro atoms. The van der Waals surface area contributed by atoms with E-state index >= 15 is 0 Å². The minimum absolute atomic E-state index is 0.0331. The van der Waals surface area contributed by atoms with Crippen molar-refractivity contribution in [2.75, 3.05) is 7.11 Å². The lowest BCUT2D eigenvalue weighted by Crippen LogP contribution is -2.43. The Bertz CT molecular complexity index is 1400. The van der Waals surface area contributed by atoms with Crippen LogP contribution in [-0.4, -0.2) is 35.0 Å². The van der Waals surface area contributed by atoms with E-state index in [0.29, 0.717) is 21.3 Å². The van der Waals surface area contributed by atoms with Crippen molar-refractivity contribution in [2.45, 2.75) is 12.5 Å². The van der Waals surface area contributed by atoms with E-state index in [1.165, 1.54) is 19.5 Å². The van der Waals surface area contributed by atoms with Gasteiger partial charge in [0.25, 0.3) is 5.91 Å². The van der Waals surface area contributed by atoms with Crippen LogP contribution in [0, 0.1) is 0 Å². The molecule has 0 unspecified atom stereocenters. The largest absolute Gasteiger partial charge is 0.467 e. The number of fused-ring (bicyclic) bond motifs is 1. The number of aromatic nitrogens is 2. The van der Waals surface area contributed by atoms with E-state index in [0.717, 1.165) is 16.5 Å². The van der Waals surface area contributed by atoms with Gasteiger partial charge in [-0.2, -0.15) is 0 Å². The van der Waals surface area contributed by atoms with Crippen LogP contribution in [0.25, 0.3) is 22.2 Å². The molecule has 0 bridgehead atoms. The van der Waals surface area contributed by atoms with Gasteiger partial charge in [-0.15, -0.1) is 0 Å². The quantitative estimate of drug-likeness (QED) is 0.281. The number of methoxy groups -OCH3 is 1. The number of carbonyl (C=O) groups excluding carboxylic acids is 2. The molecular formula is C25H17Cl4N3O3. The maximum Gasteiger partial charge on any atom is 0.328 e. The van der Waals surface area contributed by atoms with Gasteiger partial charge in [0.1, 0.15) is 6.04 Å². The first-order valence-electron chi connectivity index (χ1n) is 10.3. The summed E-state index contributed by atoms with van der Waals surface area (Å²) in [6.45, 7) is 0. The molecule has 0 aliphatic carbocycles. The number of carbonyl (C=O) groups is 2. The molecule has 0 aliphatic heterocycles. The Kier molecular flexibility index (Phi) is 7.77. The normalized spacial score (nSPS) is 11.8. The second-order valence-electron chi connectivity index (χ2n) is 7.55. The van der Waals surface area contributed by atoms with Crippen molar-refractivity contribution >= 4 is 69.2 Å². The van der Waals surface area contributed by atoms with E-state index in [4.69, 9.17) is 51.1 Å². The first kappa shape index (κ1) is 25.2. The molecule has 178 valence electrons. The van der Waals surface area contributed by atoms with E-state index in [-0.39, 0.29) is 22.0 Å². The van der Waals surface area contributed by atoms with Crippen LogP contribution in [0.3, 0.4) is 0 Å². The van der Waals surface area contributed by atoms with Crippen molar-refractivity contribution in [1.82, 2.24) is 15.3 Å². The number of halogens is 4. The fourth-order valence-electron chi connectivity index (χ4n) is 3.61. The van der Waals surface area contributed by atoms with Gasteiger partial charge in [-0.25, -0.2) is 9.78 Å². The van der Waals surface area contributed by atoms with Gasteiger partial charge in [-0.3, -0.25) is 9.78 Å². The Labute approximate surface area is 221 Å². The third kappa shape index (κ3) is 5.52. The average Bonchev–Trinajstić information content (AvgIpc) is 2.83. The maximum atomic E-state index is 12.8. The van der Waals surface area contributed by atoms with E-state index in [1.807, 2.05) is 30.3 Å². The average molecular weight is 549 g/mol. The molecule has 2 heterocycles. The molecule has 0 aliphatic rings. The Hall–Kier alpha value is -2.90. The summed E-state index contributed by atoms with van der Waals surface area (Å²) >= 11 is 24.8. The SMILES string of the molecule is COC(=O)[C@H](Cc1ccc2nc(-c3c(Cl)cccc3Cl)ccc2c1)NC(=O)c1c(Cl)cncc1Cl. The molecule has 10 heteroatoms. The Morgan fingerprint density at radius 1 is 0.943 bits per heavy atom. The zero-order chi connectivity index (χ0) is 25.1. The maximum absolute atomic E-state index is 12.8. The number of pyridine rings is 2. The van der Waals surface area contributed by atoms with Gasteiger partial charge < -0.3 is 10.1 Å². The second-order valence-corrected chi connectivity index (χ2v) is 9.18. The number of hydrogen-bond acceptors (Lipinski definition) is 5. The number of nitrogens with one attached hydrogen (secondary N) is 1. The molecule has 0 radical (unpaired) electrons. The molecular weight excluding hydrogens is 532 g/mol. The summed E-state index contributed by atoms with van der Waals surface area (Å²) in [6.07, 6.45) is 2.78. The van der Waals surface area contributed by atoms with Crippen molar-refractivity contribution < 1.29 is 14.3 Å². The van der Waals surface area contributed by atoms with Crippen LogP contribution in [-0.2, 0) is 16.0 Å². The zero-order valence-electron chi connectivity index (χ0n) is 18.2. The second kappa shape index (κ2) is 10.8. The van der Waals surface area contributed by atoms with Crippen molar-refractivity contribution in [1.29, 1.82) is 0 Å². The minimum atomic E-state index is -0.973. The Balaban J connectivity index is 1.60. The molecule has 1 atom stereocenters. The molecule has 0 saturated heterocycles. The molecule has 1 N–H and O–H groups in total. The lowest BCUT2D eigenvalue weighted by atomic mass is 10.0. The van der Waals surface area contributed by atoms with Crippen molar-refractivity contribution in [3.05, 3.63) is 92.1 Å². The van der Waals surface area contributed by atoms with Gasteiger partial charge in [-0.05, 0) is 35.9 Å². The van der Waals surface area contributed by atoms with E-state index in [9.17, 15) is 9.59 Å². The summed E-state index contributed by atoms with van der Waals surface area (Å²) < 4.78 is 4.89. The predicted molar refractivity (Wildman–Crippen MR) is 138 cm³/mol. The molecule has 1 amide bonds. The van der Waals surface area contributed by atoms with Crippen LogP contribution in [0.15, 0.2) is 60.9 Å². The smallest absolute Gasteiger partial charge is 0.328 e. The number of amides is 1. The standard InChI is InChI=1S/C25H17Cl4N3O3/c1-35-25(34)21(32-24(33)23-17(28)11-30-12-18(23)29)10-13-5-7-19-14(9-13)6-8-20(31-19)22-15(26)3-2-4-16(22)27/h2-9,11-12,21H,10H2,1H3,(H,32,33)/t21-/m0/s1. The van der Waals surface area contributed by atoms with E-state index in [1.54, 1.807) is 18.2 Å². The first-order chi connectivity index (χ1) is 16.8. The first-order valence-corrected chi connectivity index (χ1v) is 11.8. The number of ether oxygens (including phenoxy) is 1. The van der Waals surface area contributed by atoms with Gasteiger partial charge in [0, 0.05) is 29.8 Å². The lowest BCUT2D eigenvalue weighted by Gasteiger charge is -2.18. The highest BCUT2D eigenvalue weighted by atomic mass is 35.5. The molecule has 6 nitrogen and oxygen atoms in total. The molecule has 2 aromatic heterocycles. The fourth-order valence-corrected chi connectivity index (χ4v) is 4.74. The van der Waals surface area contributed by atoms with Crippen LogP contribution in [0.1, 0.15) is 15.9 Å². The van der Waals surface area contributed by atoms with Crippen LogP contribution < -0.4 is 5.32 Å². The highest BCUT2D eigenvalue weighted by molar-refractivity contribution is 6.40. The van der Waals surface area contributed by atoms with Crippen LogP contribution >= 0.6 is 46.4 Å². The zero-order valence-corrected chi connectivity index (χ0v) is 21.2. The topological polar surface area (TPSA) is 81.2 Å². The lowest BCUT2D eigenvalue weighted by molar-refractivity contribution is -0.142. The van der Waals surface area contributed by atoms with E-state index < -0.39 is 17.9 Å². The van der Waals surface area contributed by atoms with Crippen LogP contribution in [0.2, 0.25) is 20.1 Å². The molecule has 35 heavy (non-hydrogen) atoms. The molecule has 4 rings (SSSR count). The van der Waals surface area contributed by atoms with Crippen molar-refractivity contribution in [2.24, 2.45) is 0 Å². The number of hydrogen-bond donors (Lipinski definition) is 1. The summed E-state index contributed by atoms with van der Waals surface area (Å²) in [6, 6.07) is 13.6. The summed E-state index contributed by atoms with van der Waals surface area (Å²) in [5.74, 6) is -1.22. The number of rotatable bonds is 6. The van der Waals surface area contributed by atoms with Crippen molar-refractivity contribution in [3.63, 3.8) is 0 Å². The minimum Gasteiger partial charge on any atom is -0.467 e. The van der Waals surface area contributed by atoms with Crippen molar-refractivity contribution in [3.8, 4) is 11.3 Å². The third-order valence-corrected chi connectivity index (χ3v) is 6.49. The summed E-state index contributed by atoms with van der Waals surface area (Å²) in [5.41, 5.74) is 2.84. The van der Waals surface area contributed by atoms with Gasteiger partial charge in [-0.1, -0.05) is 64.6 Å². The van der Waals surface area contributed by atoms with Crippen LogP contribution in [0.4, 0.5) is 0 Å². The monoisotopic (exact) mass is 547 g/mol. The number of esters is 1. The van der Waals surface area contributed by atoms with Gasteiger partial charge >= 0.3 is 5.97 Å². The number of benzene rings is 2. The van der Waals surface area contributed by atoms with Crippen LogP contribution in [0.5, 0.6) is 0 Å². The Morgan fingerprint density at radius 3 is 2.29 bits per heavy atom. The summed E-state index contributed by atoms with van der Waals surface area (Å²) in [5, 5.41) is 4.65. The summed E-state index contributed by atoms with van der Waals surface area (Å²) in [4.78, 5) is 33.7. The molecule has 0 fully saturated rings. The van der Waals surface area contributed by atoms with Gasteiger partial charge in [0.15, 0.2) is 0 Å². The number of nitrogens with zero attached hydrogens (tertiary/aromatic N) is 2. The molecule has 2 aromatic carbocycles. The van der Waals surface area contributed by atoms with Gasteiger partial charge in [0.05, 0.1) is 44.0 Å². The predicted octanol–water partition coefficient (Wildman–Crippen LogP) is 6.42. The highest BCUT2D eigenvalue weighted by Gasteiger charge is 2.25. The van der Waals surface area contributed by atoms with E-state index in [2.05, 4.69) is 15.3 Å². The summed E-state index contributed by atoms with van der Waals surface area (Å²) in [7, 11) is 1.25.